The highest BCUT2D eigenvalue weighted by Gasteiger charge is 2.15. The van der Waals surface area contributed by atoms with E-state index >= 15 is 0 Å². The van der Waals surface area contributed by atoms with Gasteiger partial charge in [0.15, 0.2) is 0 Å². The van der Waals surface area contributed by atoms with Gasteiger partial charge >= 0.3 is 6.03 Å². The zero-order chi connectivity index (χ0) is 17.5. The van der Waals surface area contributed by atoms with Gasteiger partial charge in [-0.2, -0.15) is 0 Å². The van der Waals surface area contributed by atoms with Crippen molar-refractivity contribution >= 4 is 6.03 Å². The van der Waals surface area contributed by atoms with Crippen LogP contribution >= 0.6 is 0 Å². The Morgan fingerprint density at radius 2 is 1.71 bits per heavy atom. The number of likely N-dealkylation sites (N-methyl/N-ethyl adjacent to an activating group) is 1. The van der Waals surface area contributed by atoms with E-state index in [-0.39, 0.29) is 30.3 Å². The van der Waals surface area contributed by atoms with Crippen molar-refractivity contribution in [1.29, 1.82) is 0 Å². The zero-order valence-corrected chi connectivity index (χ0v) is 13.7. The molecular weight excluding hydrogens is 312 g/mol. The van der Waals surface area contributed by atoms with Gasteiger partial charge < -0.3 is 15.5 Å². The van der Waals surface area contributed by atoms with Crippen LogP contribution in [-0.2, 0) is 6.54 Å². The summed E-state index contributed by atoms with van der Waals surface area (Å²) in [6.45, 7) is 0.557. The smallest absolute Gasteiger partial charge is 0.315 e. The number of rotatable bonds is 6. The summed E-state index contributed by atoms with van der Waals surface area (Å²) in [6, 6.07) is 11.8. The van der Waals surface area contributed by atoms with Gasteiger partial charge in [-0.1, -0.05) is 24.3 Å². The predicted octanol–water partition coefficient (Wildman–Crippen LogP) is 3.07. The molecule has 0 bridgehead atoms. The number of carbonyl (C=O) groups is 1. The topological polar surface area (TPSA) is 44.4 Å². The van der Waals surface area contributed by atoms with Crippen LogP contribution in [0.1, 0.15) is 17.2 Å². The van der Waals surface area contributed by atoms with Crippen molar-refractivity contribution in [2.75, 3.05) is 20.6 Å². The summed E-state index contributed by atoms with van der Waals surface area (Å²) < 4.78 is 26.5. The Morgan fingerprint density at radius 1 is 1.04 bits per heavy atom. The fourth-order valence-electron chi connectivity index (χ4n) is 2.39. The molecule has 4 nitrogen and oxygen atoms in total. The molecule has 2 aromatic rings. The second kappa shape index (κ2) is 8.40. The van der Waals surface area contributed by atoms with Crippen LogP contribution in [0.5, 0.6) is 0 Å². The van der Waals surface area contributed by atoms with Gasteiger partial charge in [0.05, 0.1) is 6.04 Å². The quantitative estimate of drug-likeness (QED) is 0.853. The third-order valence-electron chi connectivity index (χ3n) is 3.65. The number of urea groups is 1. The van der Waals surface area contributed by atoms with Gasteiger partial charge in [-0.3, -0.25) is 0 Å². The van der Waals surface area contributed by atoms with Gasteiger partial charge in [-0.25, -0.2) is 13.6 Å². The van der Waals surface area contributed by atoms with Crippen molar-refractivity contribution in [3.8, 4) is 0 Å². The van der Waals surface area contributed by atoms with E-state index in [0.29, 0.717) is 12.1 Å². The summed E-state index contributed by atoms with van der Waals surface area (Å²) in [4.78, 5) is 13.8. The third-order valence-corrected chi connectivity index (χ3v) is 3.65. The minimum atomic E-state index is -0.359. The molecule has 1 atom stereocenters. The Labute approximate surface area is 140 Å². The van der Waals surface area contributed by atoms with Crippen LogP contribution in [0, 0.1) is 11.6 Å². The molecule has 0 aromatic heterocycles. The highest BCUT2D eigenvalue weighted by Crippen LogP contribution is 2.18. The van der Waals surface area contributed by atoms with Gasteiger partial charge in [-0.15, -0.1) is 0 Å². The molecule has 0 fully saturated rings. The van der Waals surface area contributed by atoms with Crippen LogP contribution in [0.3, 0.4) is 0 Å². The van der Waals surface area contributed by atoms with E-state index in [1.807, 2.05) is 25.1 Å². The lowest BCUT2D eigenvalue weighted by Gasteiger charge is -2.25. The minimum absolute atomic E-state index is 0.152. The maximum atomic E-state index is 13.4. The number of nitrogens with one attached hydrogen (secondary N) is 2. The fourth-order valence-corrected chi connectivity index (χ4v) is 2.39. The lowest BCUT2D eigenvalue weighted by Crippen LogP contribution is -2.40. The average Bonchev–Trinajstić information content (AvgIpc) is 2.53. The van der Waals surface area contributed by atoms with E-state index in [4.69, 9.17) is 0 Å². The largest absolute Gasteiger partial charge is 0.336 e. The van der Waals surface area contributed by atoms with Crippen LogP contribution in [0.4, 0.5) is 13.6 Å². The fraction of sp³-hybridized carbons (Fsp3) is 0.278. The lowest BCUT2D eigenvalue weighted by atomic mass is 10.1. The second-order valence-corrected chi connectivity index (χ2v) is 5.73. The van der Waals surface area contributed by atoms with Crippen molar-refractivity contribution in [1.82, 2.24) is 15.5 Å². The molecule has 6 heteroatoms. The minimum Gasteiger partial charge on any atom is -0.336 e. The summed E-state index contributed by atoms with van der Waals surface area (Å²) in [6.07, 6.45) is 0. The first-order valence-corrected chi connectivity index (χ1v) is 7.64. The Hall–Kier alpha value is -2.47. The van der Waals surface area contributed by atoms with Gasteiger partial charge in [0.2, 0.25) is 0 Å². The maximum Gasteiger partial charge on any atom is 0.315 e. The van der Waals surface area contributed by atoms with E-state index in [1.54, 1.807) is 18.2 Å². The monoisotopic (exact) mass is 333 g/mol. The van der Waals surface area contributed by atoms with E-state index in [9.17, 15) is 13.6 Å². The molecule has 0 radical (unpaired) electrons. The molecule has 0 aliphatic heterocycles. The van der Waals surface area contributed by atoms with Gasteiger partial charge in [0, 0.05) is 13.1 Å². The number of amides is 2. The summed E-state index contributed by atoms with van der Waals surface area (Å²) in [5.41, 5.74) is 1.46. The van der Waals surface area contributed by atoms with Crippen molar-refractivity contribution in [2.24, 2.45) is 0 Å². The number of carbonyl (C=O) groups excluding carboxylic acids is 1. The Kier molecular flexibility index (Phi) is 6.26. The van der Waals surface area contributed by atoms with Crippen LogP contribution in [0.25, 0.3) is 0 Å². The molecule has 0 aliphatic rings. The highest BCUT2D eigenvalue weighted by atomic mass is 19.1. The molecular formula is C18H21F2N3O. The SMILES string of the molecule is CN(C)C(CNC(=O)NCc1cccc(F)c1)c1cccc(F)c1. The van der Waals surface area contributed by atoms with Crippen LogP contribution < -0.4 is 10.6 Å². The molecule has 2 rings (SSSR count). The molecule has 2 amide bonds. The summed E-state index contributed by atoms with van der Waals surface area (Å²) >= 11 is 0. The van der Waals surface area contributed by atoms with Crippen molar-refractivity contribution in [2.45, 2.75) is 12.6 Å². The summed E-state index contributed by atoms with van der Waals surface area (Å²) in [5.74, 6) is -0.650. The number of hydrogen-bond donors (Lipinski definition) is 2. The van der Waals surface area contributed by atoms with Gasteiger partial charge in [-0.05, 0) is 49.5 Å². The van der Waals surface area contributed by atoms with Crippen LogP contribution in [0.2, 0.25) is 0 Å². The molecule has 0 aliphatic carbocycles. The summed E-state index contributed by atoms with van der Waals surface area (Å²) in [7, 11) is 3.73. The van der Waals surface area contributed by atoms with Gasteiger partial charge in [0.1, 0.15) is 11.6 Å². The molecule has 0 saturated heterocycles. The first-order chi connectivity index (χ1) is 11.5. The molecule has 1 unspecified atom stereocenters. The molecule has 2 N–H and O–H groups in total. The number of halogens is 2. The Bertz CT molecular complexity index is 691. The predicted molar refractivity (Wildman–Crippen MR) is 89.5 cm³/mol. The lowest BCUT2D eigenvalue weighted by molar-refractivity contribution is 0.232. The zero-order valence-electron chi connectivity index (χ0n) is 13.7. The van der Waals surface area contributed by atoms with Crippen molar-refractivity contribution in [3.05, 3.63) is 71.3 Å². The van der Waals surface area contributed by atoms with E-state index in [0.717, 1.165) is 5.56 Å². The van der Waals surface area contributed by atoms with E-state index < -0.39 is 0 Å². The maximum absolute atomic E-state index is 13.4. The first kappa shape index (κ1) is 17.9. The Balaban J connectivity index is 1.88. The van der Waals surface area contributed by atoms with Crippen molar-refractivity contribution < 1.29 is 13.6 Å². The van der Waals surface area contributed by atoms with Crippen LogP contribution in [0.15, 0.2) is 48.5 Å². The van der Waals surface area contributed by atoms with Gasteiger partial charge in [0.25, 0.3) is 0 Å². The third kappa shape index (κ3) is 5.31. The normalized spacial score (nSPS) is 12.0. The molecule has 128 valence electrons. The van der Waals surface area contributed by atoms with E-state index in [1.165, 1.54) is 24.3 Å². The summed E-state index contributed by atoms with van der Waals surface area (Å²) in [5, 5.41) is 5.43. The molecule has 0 saturated carbocycles. The number of benzene rings is 2. The standard InChI is InChI=1S/C18H21F2N3O/c1-23(2)17(14-6-4-8-16(20)10-14)12-22-18(24)21-11-13-5-3-7-15(19)9-13/h3-10,17H,11-12H2,1-2H3,(H2,21,22,24). The highest BCUT2D eigenvalue weighted by molar-refractivity contribution is 5.73. The number of hydrogen-bond acceptors (Lipinski definition) is 2. The van der Waals surface area contributed by atoms with Crippen molar-refractivity contribution in [3.63, 3.8) is 0 Å². The number of nitrogens with zero attached hydrogens (tertiary/aromatic N) is 1. The molecule has 24 heavy (non-hydrogen) atoms. The average molecular weight is 333 g/mol. The first-order valence-electron chi connectivity index (χ1n) is 7.64. The molecule has 2 aromatic carbocycles. The molecule has 0 spiro atoms. The van der Waals surface area contributed by atoms with Crippen LogP contribution in [-0.4, -0.2) is 31.6 Å². The van der Waals surface area contributed by atoms with E-state index in [2.05, 4.69) is 10.6 Å². The Morgan fingerprint density at radius 3 is 2.33 bits per heavy atom. The molecule has 0 heterocycles. The second-order valence-electron chi connectivity index (χ2n) is 5.73.